The van der Waals surface area contributed by atoms with Crippen LogP contribution >= 0.6 is 0 Å². The average molecular weight is 327 g/mol. The van der Waals surface area contributed by atoms with Crippen molar-refractivity contribution in [2.75, 3.05) is 5.43 Å². The molecule has 0 aliphatic heterocycles. The SMILES string of the molecule is CCC(CC)c1nc(C#N)c(NN=Cc2ccc([N+](=O)[O-])cc2)o1. The van der Waals surface area contributed by atoms with Gasteiger partial charge in [-0.1, -0.05) is 13.8 Å². The molecule has 0 fully saturated rings. The summed E-state index contributed by atoms with van der Waals surface area (Å²) >= 11 is 0. The fourth-order valence-corrected chi connectivity index (χ4v) is 2.15. The number of nitro benzene ring substituents is 1. The van der Waals surface area contributed by atoms with E-state index in [2.05, 4.69) is 15.5 Å². The van der Waals surface area contributed by atoms with Crippen LogP contribution in [0.5, 0.6) is 0 Å². The molecule has 1 N–H and O–H groups in total. The van der Waals surface area contributed by atoms with Crippen LogP contribution in [0.15, 0.2) is 33.8 Å². The minimum atomic E-state index is -0.466. The summed E-state index contributed by atoms with van der Waals surface area (Å²) in [7, 11) is 0. The highest BCUT2D eigenvalue weighted by Gasteiger charge is 2.18. The Morgan fingerprint density at radius 2 is 2.08 bits per heavy atom. The topological polar surface area (TPSA) is 117 Å². The summed E-state index contributed by atoms with van der Waals surface area (Å²) in [5.74, 6) is 0.869. The minimum absolute atomic E-state index is 0.0110. The molecular formula is C16H17N5O3. The molecule has 2 aromatic rings. The lowest BCUT2D eigenvalue weighted by molar-refractivity contribution is -0.384. The maximum atomic E-state index is 10.6. The lowest BCUT2D eigenvalue weighted by Gasteiger charge is -2.05. The summed E-state index contributed by atoms with van der Waals surface area (Å²) < 4.78 is 5.59. The first-order valence-electron chi connectivity index (χ1n) is 7.53. The number of nitro groups is 1. The van der Waals surface area contributed by atoms with Gasteiger partial charge in [-0.2, -0.15) is 10.4 Å². The van der Waals surface area contributed by atoms with Crippen molar-refractivity contribution in [3.8, 4) is 6.07 Å². The van der Waals surface area contributed by atoms with Crippen LogP contribution in [0.3, 0.4) is 0 Å². The van der Waals surface area contributed by atoms with Crippen molar-refractivity contribution in [3.05, 3.63) is 51.5 Å². The molecule has 0 aliphatic carbocycles. The van der Waals surface area contributed by atoms with Crippen LogP contribution in [0.4, 0.5) is 11.6 Å². The number of oxazole rings is 1. The Hall–Kier alpha value is -3.21. The molecule has 8 heteroatoms. The highest BCUT2D eigenvalue weighted by atomic mass is 16.6. The van der Waals surface area contributed by atoms with Gasteiger partial charge in [0.1, 0.15) is 6.07 Å². The maximum Gasteiger partial charge on any atom is 0.269 e. The van der Waals surface area contributed by atoms with Crippen molar-refractivity contribution in [3.63, 3.8) is 0 Å². The number of hydrazone groups is 1. The number of benzene rings is 1. The summed E-state index contributed by atoms with van der Waals surface area (Å²) in [5.41, 5.74) is 3.49. The zero-order chi connectivity index (χ0) is 17.5. The quantitative estimate of drug-likeness (QED) is 0.469. The van der Waals surface area contributed by atoms with Crippen LogP contribution in [0.1, 0.15) is 49.8 Å². The number of nitriles is 1. The van der Waals surface area contributed by atoms with Crippen LogP contribution in [0.25, 0.3) is 0 Å². The van der Waals surface area contributed by atoms with Crippen LogP contribution in [-0.4, -0.2) is 16.1 Å². The summed E-state index contributed by atoms with van der Waals surface area (Å²) in [6.45, 7) is 4.06. The van der Waals surface area contributed by atoms with E-state index in [0.717, 1.165) is 12.8 Å². The second kappa shape index (κ2) is 7.87. The number of hydrogen-bond acceptors (Lipinski definition) is 7. The normalized spacial score (nSPS) is 10.9. The highest BCUT2D eigenvalue weighted by Crippen LogP contribution is 2.27. The van der Waals surface area contributed by atoms with Crippen molar-refractivity contribution in [1.82, 2.24) is 4.98 Å². The number of nitrogens with zero attached hydrogens (tertiary/aromatic N) is 4. The van der Waals surface area contributed by atoms with E-state index in [1.807, 2.05) is 19.9 Å². The Morgan fingerprint density at radius 1 is 1.42 bits per heavy atom. The zero-order valence-corrected chi connectivity index (χ0v) is 13.4. The van der Waals surface area contributed by atoms with Crippen molar-refractivity contribution < 1.29 is 9.34 Å². The second-order valence-electron chi connectivity index (χ2n) is 5.07. The zero-order valence-electron chi connectivity index (χ0n) is 13.4. The second-order valence-corrected chi connectivity index (χ2v) is 5.07. The van der Waals surface area contributed by atoms with Crippen LogP contribution in [-0.2, 0) is 0 Å². The Kier molecular flexibility index (Phi) is 5.63. The van der Waals surface area contributed by atoms with Crippen LogP contribution < -0.4 is 5.43 Å². The monoisotopic (exact) mass is 327 g/mol. The molecule has 0 atom stereocenters. The van der Waals surface area contributed by atoms with Gasteiger partial charge in [0, 0.05) is 18.1 Å². The van der Waals surface area contributed by atoms with E-state index in [1.54, 1.807) is 12.1 Å². The number of anilines is 1. The van der Waals surface area contributed by atoms with Gasteiger partial charge >= 0.3 is 0 Å². The van der Waals surface area contributed by atoms with Gasteiger partial charge in [-0.3, -0.25) is 10.1 Å². The Morgan fingerprint density at radius 3 is 2.62 bits per heavy atom. The number of aromatic nitrogens is 1. The maximum absolute atomic E-state index is 10.6. The van der Waals surface area contributed by atoms with Crippen molar-refractivity contribution in [1.29, 1.82) is 5.26 Å². The molecule has 0 spiro atoms. The van der Waals surface area contributed by atoms with Gasteiger partial charge < -0.3 is 4.42 Å². The average Bonchev–Trinajstić information content (AvgIpc) is 2.99. The number of hydrogen-bond donors (Lipinski definition) is 1. The third-order valence-electron chi connectivity index (χ3n) is 3.57. The molecule has 0 amide bonds. The van der Waals surface area contributed by atoms with E-state index >= 15 is 0 Å². The third-order valence-corrected chi connectivity index (χ3v) is 3.57. The standard InChI is InChI=1S/C16H17N5O3/c1-3-12(4-2)15-19-14(9-17)16(24-15)20-18-10-11-5-7-13(8-6-11)21(22)23/h5-8,10,12,20H,3-4H2,1-2H3. The molecule has 1 heterocycles. The van der Waals surface area contributed by atoms with Gasteiger partial charge in [-0.15, -0.1) is 0 Å². The predicted molar refractivity (Wildman–Crippen MR) is 88.9 cm³/mol. The fraction of sp³-hybridized carbons (Fsp3) is 0.312. The smallest absolute Gasteiger partial charge is 0.269 e. The fourth-order valence-electron chi connectivity index (χ4n) is 2.15. The van der Waals surface area contributed by atoms with Crippen molar-refractivity contribution in [2.45, 2.75) is 32.6 Å². The molecule has 24 heavy (non-hydrogen) atoms. The van der Waals surface area contributed by atoms with Crippen LogP contribution in [0, 0.1) is 21.4 Å². The summed E-state index contributed by atoms with van der Waals surface area (Å²) in [6, 6.07) is 7.90. The van der Waals surface area contributed by atoms with E-state index < -0.39 is 4.92 Å². The molecule has 0 saturated carbocycles. The van der Waals surface area contributed by atoms with Crippen molar-refractivity contribution in [2.24, 2.45) is 5.10 Å². The Labute approximate surface area is 139 Å². The van der Waals surface area contributed by atoms with Gasteiger partial charge in [0.15, 0.2) is 0 Å². The van der Waals surface area contributed by atoms with E-state index in [9.17, 15) is 10.1 Å². The molecule has 0 saturated heterocycles. The first kappa shape index (κ1) is 17.1. The lowest BCUT2D eigenvalue weighted by Crippen LogP contribution is -1.95. The Balaban J connectivity index is 2.10. The highest BCUT2D eigenvalue weighted by molar-refractivity contribution is 5.80. The molecule has 0 radical (unpaired) electrons. The molecule has 2 rings (SSSR count). The van der Waals surface area contributed by atoms with Gasteiger partial charge in [-0.25, -0.2) is 10.4 Å². The molecule has 1 aromatic heterocycles. The molecule has 0 bridgehead atoms. The van der Waals surface area contributed by atoms with Gasteiger partial charge in [0.05, 0.1) is 11.1 Å². The molecule has 124 valence electrons. The summed E-state index contributed by atoms with van der Waals surface area (Å²) in [5, 5.41) is 23.7. The number of non-ortho nitro benzene ring substituents is 1. The Bertz CT molecular complexity index is 770. The molecule has 0 unspecified atom stereocenters. The first-order valence-corrected chi connectivity index (χ1v) is 7.53. The largest absolute Gasteiger partial charge is 0.422 e. The predicted octanol–water partition coefficient (Wildman–Crippen LogP) is 3.80. The number of rotatable bonds is 7. The number of nitrogens with one attached hydrogen (secondary N) is 1. The lowest BCUT2D eigenvalue weighted by atomic mass is 10.0. The van der Waals surface area contributed by atoms with E-state index in [4.69, 9.17) is 9.68 Å². The van der Waals surface area contributed by atoms with Crippen LogP contribution in [0.2, 0.25) is 0 Å². The molecule has 1 aromatic carbocycles. The molecule has 0 aliphatic rings. The molecular weight excluding hydrogens is 310 g/mol. The van der Waals surface area contributed by atoms with Gasteiger partial charge in [0.25, 0.3) is 11.6 Å². The van der Waals surface area contributed by atoms with E-state index in [1.165, 1.54) is 18.3 Å². The first-order chi connectivity index (χ1) is 11.6. The third kappa shape index (κ3) is 3.95. The summed E-state index contributed by atoms with van der Waals surface area (Å²) in [6.07, 6.45) is 3.21. The van der Waals surface area contributed by atoms with E-state index in [-0.39, 0.29) is 23.2 Å². The minimum Gasteiger partial charge on any atom is -0.422 e. The summed E-state index contributed by atoms with van der Waals surface area (Å²) in [4.78, 5) is 14.3. The van der Waals surface area contributed by atoms with Gasteiger partial charge in [-0.05, 0) is 30.5 Å². The van der Waals surface area contributed by atoms with E-state index in [0.29, 0.717) is 11.5 Å². The van der Waals surface area contributed by atoms with Gasteiger partial charge in [0.2, 0.25) is 11.6 Å². The molecule has 8 nitrogen and oxygen atoms in total. The van der Waals surface area contributed by atoms with Crippen molar-refractivity contribution >= 4 is 17.8 Å².